The lowest BCUT2D eigenvalue weighted by molar-refractivity contribution is 0.101. The van der Waals surface area contributed by atoms with E-state index in [1.165, 1.54) is 18.8 Å². The summed E-state index contributed by atoms with van der Waals surface area (Å²) < 4.78 is 5.78. The molecular formula is C20H20N4O2. The molecule has 0 fully saturated rings. The largest absolute Gasteiger partial charge is 0.437 e. The summed E-state index contributed by atoms with van der Waals surface area (Å²) in [6, 6.07) is 14.8. The molecule has 1 aromatic heterocycles. The number of nitrogen functional groups attached to an aromatic ring is 1. The van der Waals surface area contributed by atoms with E-state index >= 15 is 0 Å². The van der Waals surface area contributed by atoms with Crippen LogP contribution in [0.1, 0.15) is 29.8 Å². The van der Waals surface area contributed by atoms with Crippen LogP contribution < -0.4 is 15.8 Å². The van der Waals surface area contributed by atoms with Gasteiger partial charge < -0.3 is 15.8 Å². The zero-order valence-corrected chi connectivity index (χ0v) is 14.7. The third-order valence-corrected chi connectivity index (χ3v) is 3.95. The molecule has 0 unspecified atom stereocenters. The molecule has 3 rings (SSSR count). The predicted molar refractivity (Wildman–Crippen MR) is 102 cm³/mol. The number of carbonyl (C=O) groups is 1. The summed E-state index contributed by atoms with van der Waals surface area (Å²) in [5.41, 5.74) is 9.09. The van der Waals surface area contributed by atoms with Gasteiger partial charge in [0, 0.05) is 11.3 Å². The number of anilines is 3. The lowest BCUT2D eigenvalue weighted by Crippen LogP contribution is -2.03. The Morgan fingerprint density at radius 2 is 1.77 bits per heavy atom. The van der Waals surface area contributed by atoms with Crippen molar-refractivity contribution in [3.63, 3.8) is 0 Å². The fraction of sp³-hybridized carbons (Fsp3) is 0.150. The second kappa shape index (κ2) is 7.65. The van der Waals surface area contributed by atoms with Crippen LogP contribution in [0.5, 0.6) is 11.6 Å². The van der Waals surface area contributed by atoms with Crippen molar-refractivity contribution >= 4 is 23.0 Å². The van der Waals surface area contributed by atoms with E-state index in [2.05, 4.69) is 22.2 Å². The maximum absolute atomic E-state index is 11.4. The molecule has 3 aromatic rings. The zero-order valence-electron chi connectivity index (χ0n) is 14.7. The molecule has 0 atom stereocenters. The Hall–Kier alpha value is -3.41. The van der Waals surface area contributed by atoms with Crippen molar-refractivity contribution in [1.29, 1.82) is 0 Å². The molecule has 6 nitrogen and oxygen atoms in total. The summed E-state index contributed by atoms with van der Waals surface area (Å²) in [5.74, 6) is 1.40. The van der Waals surface area contributed by atoms with E-state index in [0.29, 0.717) is 22.8 Å². The smallest absolute Gasteiger partial charge is 0.248 e. The van der Waals surface area contributed by atoms with Crippen LogP contribution in [0, 0.1) is 0 Å². The van der Waals surface area contributed by atoms with Crippen LogP contribution in [0.3, 0.4) is 0 Å². The highest BCUT2D eigenvalue weighted by molar-refractivity contribution is 5.94. The van der Waals surface area contributed by atoms with E-state index in [-0.39, 0.29) is 11.7 Å². The minimum absolute atomic E-state index is 0.0166. The Balaban J connectivity index is 1.78. The molecule has 2 aromatic carbocycles. The molecule has 26 heavy (non-hydrogen) atoms. The van der Waals surface area contributed by atoms with Gasteiger partial charge in [-0.05, 0) is 55.3 Å². The van der Waals surface area contributed by atoms with Gasteiger partial charge in [0.1, 0.15) is 17.8 Å². The van der Waals surface area contributed by atoms with Crippen LogP contribution >= 0.6 is 0 Å². The van der Waals surface area contributed by atoms with E-state index in [0.717, 1.165) is 12.1 Å². The lowest BCUT2D eigenvalue weighted by atomic mass is 10.1. The van der Waals surface area contributed by atoms with Gasteiger partial charge >= 0.3 is 0 Å². The molecule has 0 aliphatic rings. The predicted octanol–water partition coefficient (Wildman–Crippen LogP) is 4.36. The summed E-state index contributed by atoms with van der Waals surface area (Å²) in [6.07, 6.45) is 2.35. The number of benzene rings is 2. The minimum atomic E-state index is 0.0166. The number of aromatic nitrogens is 2. The minimum Gasteiger partial charge on any atom is -0.437 e. The number of Topliss-reactive ketones (excluding diaryl/α,β-unsaturated/α-hetero) is 1. The molecule has 0 spiro atoms. The Morgan fingerprint density at radius 1 is 1.08 bits per heavy atom. The van der Waals surface area contributed by atoms with Crippen molar-refractivity contribution in [3.8, 4) is 11.6 Å². The molecule has 0 saturated heterocycles. The van der Waals surface area contributed by atoms with E-state index in [4.69, 9.17) is 10.5 Å². The average Bonchev–Trinajstić information content (AvgIpc) is 2.66. The van der Waals surface area contributed by atoms with Gasteiger partial charge in [0.15, 0.2) is 11.6 Å². The van der Waals surface area contributed by atoms with Crippen molar-refractivity contribution in [3.05, 3.63) is 66.0 Å². The molecule has 0 radical (unpaired) electrons. The number of nitrogens with zero attached hydrogens (tertiary/aromatic N) is 2. The number of nitrogens with one attached hydrogen (secondary N) is 1. The fourth-order valence-corrected chi connectivity index (χ4v) is 2.39. The van der Waals surface area contributed by atoms with Crippen LogP contribution in [0.25, 0.3) is 0 Å². The van der Waals surface area contributed by atoms with Gasteiger partial charge in [-0.25, -0.2) is 4.98 Å². The third kappa shape index (κ3) is 3.97. The second-order valence-electron chi connectivity index (χ2n) is 5.80. The van der Waals surface area contributed by atoms with Gasteiger partial charge in [-0.1, -0.05) is 19.1 Å². The van der Waals surface area contributed by atoms with Crippen LogP contribution in [0.15, 0.2) is 54.9 Å². The number of hydrogen-bond acceptors (Lipinski definition) is 6. The van der Waals surface area contributed by atoms with Crippen LogP contribution in [0.2, 0.25) is 0 Å². The highest BCUT2D eigenvalue weighted by Crippen LogP contribution is 2.31. The van der Waals surface area contributed by atoms with Crippen molar-refractivity contribution in [2.24, 2.45) is 0 Å². The molecule has 0 aliphatic carbocycles. The Morgan fingerprint density at radius 3 is 2.38 bits per heavy atom. The summed E-state index contributed by atoms with van der Waals surface area (Å²) in [5, 5.41) is 3.12. The molecule has 0 bridgehead atoms. The Labute approximate surface area is 152 Å². The molecule has 6 heteroatoms. The number of hydrogen-bond donors (Lipinski definition) is 2. The highest BCUT2D eigenvalue weighted by Gasteiger charge is 2.11. The average molecular weight is 348 g/mol. The van der Waals surface area contributed by atoms with E-state index in [1.54, 1.807) is 24.3 Å². The molecule has 0 amide bonds. The maximum Gasteiger partial charge on any atom is 0.248 e. The van der Waals surface area contributed by atoms with E-state index < -0.39 is 0 Å². The summed E-state index contributed by atoms with van der Waals surface area (Å²) >= 11 is 0. The molecule has 3 N–H and O–H groups in total. The van der Waals surface area contributed by atoms with Crippen LogP contribution in [0.4, 0.5) is 17.2 Å². The molecule has 0 saturated carbocycles. The highest BCUT2D eigenvalue weighted by atomic mass is 16.5. The molecule has 1 heterocycles. The van der Waals surface area contributed by atoms with Crippen molar-refractivity contribution in [1.82, 2.24) is 9.97 Å². The monoisotopic (exact) mass is 348 g/mol. The normalized spacial score (nSPS) is 10.4. The summed E-state index contributed by atoms with van der Waals surface area (Å²) in [6.45, 7) is 3.63. The van der Waals surface area contributed by atoms with Gasteiger partial charge in [-0.15, -0.1) is 0 Å². The van der Waals surface area contributed by atoms with Crippen LogP contribution in [-0.2, 0) is 6.42 Å². The zero-order chi connectivity index (χ0) is 18.5. The number of ketones is 1. The number of ether oxygens (including phenoxy) is 1. The summed E-state index contributed by atoms with van der Waals surface area (Å²) in [4.78, 5) is 19.6. The van der Waals surface area contributed by atoms with Crippen molar-refractivity contribution < 1.29 is 9.53 Å². The third-order valence-electron chi connectivity index (χ3n) is 3.95. The van der Waals surface area contributed by atoms with E-state index in [1.807, 2.05) is 24.3 Å². The maximum atomic E-state index is 11.4. The van der Waals surface area contributed by atoms with Gasteiger partial charge in [0.2, 0.25) is 5.88 Å². The fourth-order valence-electron chi connectivity index (χ4n) is 2.39. The molecule has 0 aliphatic heterocycles. The summed E-state index contributed by atoms with van der Waals surface area (Å²) in [7, 11) is 0. The van der Waals surface area contributed by atoms with Gasteiger partial charge in [-0.2, -0.15) is 4.98 Å². The quantitative estimate of drug-likeness (QED) is 0.643. The topological polar surface area (TPSA) is 90.1 Å². The Bertz CT molecular complexity index is 906. The van der Waals surface area contributed by atoms with Crippen molar-refractivity contribution in [2.75, 3.05) is 11.1 Å². The van der Waals surface area contributed by atoms with Crippen LogP contribution in [-0.4, -0.2) is 15.8 Å². The second-order valence-corrected chi connectivity index (χ2v) is 5.80. The Kier molecular flexibility index (Phi) is 5.12. The first-order valence-electron chi connectivity index (χ1n) is 8.32. The first kappa shape index (κ1) is 17.4. The van der Waals surface area contributed by atoms with Crippen molar-refractivity contribution in [2.45, 2.75) is 20.3 Å². The first-order valence-corrected chi connectivity index (χ1v) is 8.32. The standard InChI is InChI=1S/C20H20N4O2/c1-3-14-4-10-17(11-5-14)26-20-18(21)19(22-12-23-20)24-16-8-6-15(7-9-16)13(2)25/h4-12H,3,21H2,1-2H3,(H,22,23,24). The molecular weight excluding hydrogens is 328 g/mol. The number of rotatable bonds is 6. The van der Waals surface area contributed by atoms with Gasteiger partial charge in [0.25, 0.3) is 0 Å². The van der Waals surface area contributed by atoms with E-state index in [9.17, 15) is 4.79 Å². The number of nitrogens with two attached hydrogens (primary N) is 1. The van der Waals surface area contributed by atoms with Gasteiger partial charge in [-0.3, -0.25) is 4.79 Å². The first-order chi connectivity index (χ1) is 12.6. The number of aryl methyl sites for hydroxylation is 1. The molecule has 132 valence electrons. The SMILES string of the molecule is CCc1ccc(Oc2ncnc(Nc3ccc(C(C)=O)cc3)c2N)cc1. The number of carbonyl (C=O) groups excluding carboxylic acids is 1. The van der Waals surface area contributed by atoms with Gasteiger partial charge in [0.05, 0.1) is 0 Å². The lowest BCUT2D eigenvalue weighted by Gasteiger charge is -2.12.